The summed E-state index contributed by atoms with van der Waals surface area (Å²) in [6.07, 6.45) is -4.23. The molecule has 0 aliphatic carbocycles. The van der Waals surface area contributed by atoms with Gasteiger partial charge in [-0.1, -0.05) is 17.3 Å². The summed E-state index contributed by atoms with van der Waals surface area (Å²) in [4.78, 5) is 19.3. The lowest BCUT2D eigenvalue weighted by Crippen LogP contribution is -2.13. The van der Waals surface area contributed by atoms with E-state index in [-0.39, 0.29) is 11.4 Å². The molecule has 1 aromatic carbocycles. The number of anilines is 1. The second-order valence-electron chi connectivity index (χ2n) is 4.71. The Bertz CT molecular complexity index is 885. The molecule has 124 valence electrons. The van der Waals surface area contributed by atoms with Crippen molar-refractivity contribution in [2.24, 2.45) is 0 Å². The number of alkyl halides is 3. The minimum Gasteiger partial charge on any atom is -0.431 e. The zero-order valence-corrected chi connectivity index (χ0v) is 12.1. The van der Waals surface area contributed by atoms with E-state index in [1.165, 1.54) is 12.1 Å². The molecule has 3 rings (SSSR count). The van der Waals surface area contributed by atoms with Crippen LogP contribution in [0, 0.1) is 6.92 Å². The number of aromatic nitrogens is 3. The van der Waals surface area contributed by atoms with Crippen molar-refractivity contribution in [3.63, 3.8) is 0 Å². The Balaban J connectivity index is 1.79. The topological polar surface area (TPSA) is 94.1 Å². The molecule has 2 heterocycles. The molecule has 1 N–H and O–H groups in total. The number of halogens is 3. The minimum atomic E-state index is -4.65. The highest BCUT2D eigenvalue weighted by atomic mass is 19.4. The fourth-order valence-corrected chi connectivity index (χ4v) is 1.85. The summed E-state index contributed by atoms with van der Waals surface area (Å²) in [7, 11) is 0. The van der Waals surface area contributed by atoms with E-state index in [1.54, 1.807) is 19.1 Å². The molecule has 0 saturated carbocycles. The SMILES string of the molecule is Cc1nc(-c2cccc(C(=O)Nc3nc(C(F)(F)F)co3)c2)no1. The highest BCUT2D eigenvalue weighted by Gasteiger charge is 2.35. The van der Waals surface area contributed by atoms with Crippen molar-refractivity contribution in [2.45, 2.75) is 13.1 Å². The maximum Gasteiger partial charge on any atom is 0.436 e. The van der Waals surface area contributed by atoms with Gasteiger partial charge in [0.25, 0.3) is 5.91 Å². The Hall–Kier alpha value is -3.17. The van der Waals surface area contributed by atoms with Crippen LogP contribution in [0.25, 0.3) is 11.4 Å². The van der Waals surface area contributed by atoms with Gasteiger partial charge in [0.2, 0.25) is 11.7 Å². The van der Waals surface area contributed by atoms with Gasteiger partial charge >= 0.3 is 12.2 Å². The van der Waals surface area contributed by atoms with Gasteiger partial charge in [-0.2, -0.15) is 23.1 Å². The molecule has 24 heavy (non-hydrogen) atoms. The van der Waals surface area contributed by atoms with E-state index in [1.807, 2.05) is 0 Å². The van der Waals surface area contributed by atoms with E-state index in [0.29, 0.717) is 17.7 Å². The average molecular weight is 338 g/mol. The number of amides is 1. The predicted octanol–water partition coefficient (Wildman–Crippen LogP) is 3.30. The molecular weight excluding hydrogens is 329 g/mol. The molecule has 0 fully saturated rings. The van der Waals surface area contributed by atoms with Crippen molar-refractivity contribution in [3.8, 4) is 11.4 Å². The van der Waals surface area contributed by atoms with Crippen molar-refractivity contribution >= 4 is 11.9 Å². The predicted molar refractivity (Wildman–Crippen MR) is 73.9 cm³/mol. The Morgan fingerprint density at radius 1 is 1.25 bits per heavy atom. The molecule has 0 saturated heterocycles. The summed E-state index contributed by atoms with van der Waals surface area (Å²) in [5, 5.41) is 5.88. The van der Waals surface area contributed by atoms with Crippen LogP contribution in [0.2, 0.25) is 0 Å². The summed E-state index contributed by atoms with van der Waals surface area (Å²) in [6, 6.07) is 5.63. The second kappa shape index (κ2) is 5.80. The number of hydrogen-bond donors (Lipinski definition) is 1. The van der Waals surface area contributed by atoms with Gasteiger partial charge in [-0.25, -0.2) is 0 Å². The lowest BCUT2D eigenvalue weighted by atomic mass is 10.1. The number of aryl methyl sites for hydroxylation is 1. The lowest BCUT2D eigenvalue weighted by molar-refractivity contribution is -0.141. The van der Waals surface area contributed by atoms with Gasteiger partial charge < -0.3 is 8.94 Å². The molecule has 0 spiro atoms. The molecule has 10 heteroatoms. The number of benzene rings is 1. The summed E-state index contributed by atoms with van der Waals surface area (Å²) in [5.41, 5.74) is -0.543. The van der Waals surface area contributed by atoms with E-state index >= 15 is 0 Å². The summed E-state index contributed by atoms with van der Waals surface area (Å²) in [6.45, 7) is 1.62. The number of carbonyl (C=O) groups is 1. The number of carbonyl (C=O) groups excluding carboxylic acids is 1. The first-order chi connectivity index (χ1) is 11.3. The molecule has 2 aromatic heterocycles. The Labute approximate surface area is 132 Å². The third-order valence-corrected chi connectivity index (χ3v) is 2.93. The number of hydrogen-bond acceptors (Lipinski definition) is 6. The fraction of sp³-hybridized carbons (Fsp3) is 0.143. The molecule has 0 atom stereocenters. The minimum absolute atomic E-state index is 0.168. The van der Waals surface area contributed by atoms with Crippen LogP contribution in [0.15, 0.2) is 39.5 Å². The average Bonchev–Trinajstić information content (AvgIpc) is 3.16. The standard InChI is InChI=1S/C14H9F3N4O3/c1-7-18-11(21-24-7)8-3-2-4-9(5-8)12(22)20-13-19-10(6-23-13)14(15,16)17/h2-6H,1H3,(H,19,20,22). The van der Waals surface area contributed by atoms with Crippen LogP contribution in [0.1, 0.15) is 21.9 Å². The van der Waals surface area contributed by atoms with Crippen LogP contribution in [-0.2, 0) is 6.18 Å². The number of rotatable bonds is 3. The maximum absolute atomic E-state index is 12.4. The van der Waals surface area contributed by atoms with E-state index in [0.717, 1.165) is 0 Å². The Morgan fingerprint density at radius 3 is 2.67 bits per heavy atom. The Morgan fingerprint density at radius 2 is 2.04 bits per heavy atom. The van der Waals surface area contributed by atoms with Crippen LogP contribution in [-0.4, -0.2) is 21.0 Å². The molecule has 7 nitrogen and oxygen atoms in total. The smallest absolute Gasteiger partial charge is 0.431 e. The molecule has 0 aliphatic rings. The van der Waals surface area contributed by atoms with Crippen molar-refractivity contribution in [3.05, 3.63) is 47.7 Å². The van der Waals surface area contributed by atoms with Crippen molar-refractivity contribution in [1.29, 1.82) is 0 Å². The van der Waals surface area contributed by atoms with Gasteiger partial charge in [0.1, 0.15) is 6.26 Å². The number of nitrogens with zero attached hydrogens (tertiary/aromatic N) is 3. The molecule has 0 bridgehead atoms. The third-order valence-electron chi connectivity index (χ3n) is 2.93. The highest BCUT2D eigenvalue weighted by molar-refractivity contribution is 6.03. The molecule has 1 amide bonds. The van der Waals surface area contributed by atoms with Crippen LogP contribution in [0.5, 0.6) is 0 Å². The number of oxazole rings is 1. The van der Waals surface area contributed by atoms with Gasteiger partial charge in [0.05, 0.1) is 0 Å². The summed E-state index contributed by atoms with van der Waals surface area (Å²) in [5.74, 6) is -0.0374. The molecule has 0 aliphatic heterocycles. The molecular formula is C14H9F3N4O3. The van der Waals surface area contributed by atoms with Crippen molar-refractivity contribution in [1.82, 2.24) is 15.1 Å². The maximum atomic E-state index is 12.4. The van der Waals surface area contributed by atoms with Gasteiger partial charge in [-0.15, -0.1) is 0 Å². The first kappa shape index (κ1) is 15.7. The van der Waals surface area contributed by atoms with E-state index < -0.39 is 23.8 Å². The van der Waals surface area contributed by atoms with Gasteiger partial charge in [-0.05, 0) is 12.1 Å². The highest BCUT2D eigenvalue weighted by Crippen LogP contribution is 2.29. The Kier molecular flexibility index (Phi) is 3.80. The summed E-state index contributed by atoms with van der Waals surface area (Å²) < 4.78 is 46.8. The number of nitrogens with one attached hydrogen (secondary N) is 1. The van der Waals surface area contributed by atoms with Crippen molar-refractivity contribution < 1.29 is 26.9 Å². The lowest BCUT2D eigenvalue weighted by Gasteiger charge is -2.02. The summed E-state index contributed by atoms with van der Waals surface area (Å²) >= 11 is 0. The molecule has 3 aromatic rings. The monoisotopic (exact) mass is 338 g/mol. The quantitative estimate of drug-likeness (QED) is 0.787. The largest absolute Gasteiger partial charge is 0.436 e. The van der Waals surface area contributed by atoms with Crippen LogP contribution in [0.3, 0.4) is 0 Å². The second-order valence-corrected chi connectivity index (χ2v) is 4.71. The zero-order valence-electron chi connectivity index (χ0n) is 12.1. The van der Waals surface area contributed by atoms with Crippen LogP contribution < -0.4 is 5.32 Å². The fourth-order valence-electron chi connectivity index (χ4n) is 1.85. The first-order valence-electron chi connectivity index (χ1n) is 6.58. The van der Waals surface area contributed by atoms with Crippen molar-refractivity contribution in [2.75, 3.05) is 5.32 Å². The molecule has 0 radical (unpaired) electrons. The van der Waals surface area contributed by atoms with E-state index in [2.05, 4.69) is 24.9 Å². The van der Waals surface area contributed by atoms with Gasteiger partial charge in [0.15, 0.2) is 5.69 Å². The van der Waals surface area contributed by atoms with E-state index in [9.17, 15) is 18.0 Å². The zero-order chi connectivity index (χ0) is 17.3. The van der Waals surface area contributed by atoms with E-state index in [4.69, 9.17) is 4.52 Å². The van der Waals surface area contributed by atoms with Crippen LogP contribution in [0.4, 0.5) is 19.2 Å². The normalized spacial score (nSPS) is 11.5. The first-order valence-corrected chi connectivity index (χ1v) is 6.58. The third kappa shape index (κ3) is 3.26. The van der Waals surface area contributed by atoms with Crippen LogP contribution >= 0.6 is 0 Å². The molecule has 0 unspecified atom stereocenters. The van der Waals surface area contributed by atoms with Gasteiger partial charge in [-0.3, -0.25) is 10.1 Å². The van der Waals surface area contributed by atoms with Gasteiger partial charge in [0, 0.05) is 18.1 Å².